The first-order valence-corrected chi connectivity index (χ1v) is 7.65. The van der Waals surface area contributed by atoms with Gasteiger partial charge in [-0.1, -0.05) is 0 Å². The van der Waals surface area contributed by atoms with Crippen molar-refractivity contribution in [2.24, 2.45) is 5.73 Å². The molecular formula is C6H17GeNO3. The molecule has 68 valence electrons. The Bertz CT molecular complexity index is 89.6. The minimum atomic E-state index is -2.81. The van der Waals surface area contributed by atoms with Crippen molar-refractivity contribution in [3.8, 4) is 0 Å². The van der Waals surface area contributed by atoms with Crippen molar-refractivity contribution in [2.75, 3.05) is 27.9 Å². The third-order valence-electron chi connectivity index (χ3n) is 1.62. The first-order valence-electron chi connectivity index (χ1n) is 3.60. The van der Waals surface area contributed by atoms with Crippen LogP contribution in [0.2, 0.25) is 5.25 Å². The number of hydrogen-bond acceptors (Lipinski definition) is 4. The van der Waals surface area contributed by atoms with Crippen molar-refractivity contribution in [3.63, 3.8) is 0 Å². The Labute approximate surface area is 71.4 Å². The fraction of sp³-hybridized carbons (Fsp3) is 1.00. The van der Waals surface area contributed by atoms with E-state index >= 15 is 0 Å². The minimum absolute atomic E-state index is 0.656. The zero-order valence-electron chi connectivity index (χ0n) is 7.42. The molecule has 0 aliphatic rings. The molecule has 0 aromatic carbocycles. The molecule has 0 unspecified atom stereocenters. The second kappa shape index (κ2) is 5.96. The topological polar surface area (TPSA) is 53.7 Å². The van der Waals surface area contributed by atoms with E-state index in [2.05, 4.69) is 0 Å². The molecular weight excluding hydrogens is 207 g/mol. The molecule has 0 amide bonds. The summed E-state index contributed by atoms with van der Waals surface area (Å²) < 4.78 is 15.7. The Morgan fingerprint density at radius 3 is 1.82 bits per heavy atom. The summed E-state index contributed by atoms with van der Waals surface area (Å²) in [7, 11) is 4.89. The van der Waals surface area contributed by atoms with Crippen LogP contribution in [0.25, 0.3) is 0 Å². The maximum atomic E-state index is 5.36. The van der Waals surface area contributed by atoms with Crippen molar-refractivity contribution in [1.82, 2.24) is 0 Å². The molecule has 0 aliphatic carbocycles. The fourth-order valence-corrected chi connectivity index (χ4v) is 4.55. The van der Waals surface area contributed by atoms with Gasteiger partial charge in [0.1, 0.15) is 0 Å². The molecule has 0 aliphatic heterocycles. The second-order valence-corrected chi connectivity index (χ2v) is 8.67. The predicted octanol–water partition coefficient (Wildman–Crippen LogP) is 0.213. The molecule has 5 heteroatoms. The number of rotatable bonds is 6. The van der Waals surface area contributed by atoms with E-state index in [9.17, 15) is 0 Å². The van der Waals surface area contributed by atoms with Gasteiger partial charge in [-0.15, -0.1) is 0 Å². The van der Waals surface area contributed by atoms with Gasteiger partial charge in [0.2, 0.25) is 0 Å². The van der Waals surface area contributed by atoms with Gasteiger partial charge in [0.15, 0.2) is 0 Å². The Kier molecular flexibility index (Phi) is 6.17. The molecule has 0 aromatic heterocycles. The van der Waals surface area contributed by atoms with Crippen molar-refractivity contribution in [2.45, 2.75) is 11.7 Å². The van der Waals surface area contributed by atoms with E-state index < -0.39 is 14.3 Å². The second-order valence-electron chi connectivity index (χ2n) is 2.19. The Morgan fingerprint density at radius 1 is 1.09 bits per heavy atom. The molecule has 11 heavy (non-hydrogen) atoms. The molecule has 4 nitrogen and oxygen atoms in total. The number of nitrogens with two attached hydrogens (primary N) is 1. The van der Waals surface area contributed by atoms with Crippen molar-refractivity contribution >= 4 is 14.3 Å². The molecule has 0 bridgehead atoms. The summed E-state index contributed by atoms with van der Waals surface area (Å²) in [5.74, 6) is 0. The van der Waals surface area contributed by atoms with Gasteiger partial charge in [-0.3, -0.25) is 0 Å². The van der Waals surface area contributed by atoms with E-state index in [0.29, 0.717) is 6.54 Å². The van der Waals surface area contributed by atoms with Crippen LogP contribution in [0.3, 0.4) is 0 Å². The van der Waals surface area contributed by atoms with Crippen LogP contribution >= 0.6 is 0 Å². The average Bonchev–Trinajstić information content (AvgIpc) is 2.08. The zero-order chi connectivity index (χ0) is 8.74. The van der Waals surface area contributed by atoms with E-state index in [0.717, 1.165) is 11.7 Å². The summed E-state index contributed by atoms with van der Waals surface area (Å²) in [6, 6.07) is 0. The van der Waals surface area contributed by atoms with Crippen LogP contribution < -0.4 is 5.73 Å². The van der Waals surface area contributed by atoms with Gasteiger partial charge in [-0.05, 0) is 0 Å². The van der Waals surface area contributed by atoms with Gasteiger partial charge in [-0.2, -0.15) is 0 Å². The van der Waals surface area contributed by atoms with Crippen LogP contribution in [0.4, 0.5) is 0 Å². The van der Waals surface area contributed by atoms with Gasteiger partial charge in [-0.25, -0.2) is 0 Å². The summed E-state index contributed by atoms with van der Waals surface area (Å²) in [5, 5.41) is 0.833. The maximum absolute atomic E-state index is 5.36. The molecule has 0 aromatic rings. The summed E-state index contributed by atoms with van der Waals surface area (Å²) in [4.78, 5) is 0. The van der Waals surface area contributed by atoms with Gasteiger partial charge in [0.05, 0.1) is 0 Å². The Balaban J connectivity index is 3.84. The van der Waals surface area contributed by atoms with E-state index in [1.54, 1.807) is 21.3 Å². The molecule has 0 atom stereocenters. The normalized spacial score (nSPS) is 12.0. The molecule has 0 saturated heterocycles. The molecule has 0 rings (SSSR count). The van der Waals surface area contributed by atoms with E-state index in [1.807, 2.05) is 0 Å². The quantitative estimate of drug-likeness (QED) is 0.655. The Hall–Kier alpha value is 0.383. The third kappa shape index (κ3) is 3.53. The summed E-state index contributed by atoms with van der Waals surface area (Å²) >= 11 is -2.81. The molecule has 0 heterocycles. The van der Waals surface area contributed by atoms with Crippen LogP contribution in [0.1, 0.15) is 6.42 Å². The average molecular weight is 224 g/mol. The van der Waals surface area contributed by atoms with Crippen LogP contribution in [0, 0.1) is 0 Å². The van der Waals surface area contributed by atoms with Crippen LogP contribution in [0.5, 0.6) is 0 Å². The van der Waals surface area contributed by atoms with Gasteiger partial charge < -0.3 is 0 Å². The monoisotopic (exact) mass is 225 g/mol. The zero-order valence-corrected chi connectivity index (χ0v) is 9.52. The van der Waals surface area contributed by atoms with Crippen LogP contribution in [-0.2, 0) is 11.3 Å². The van der Waals surface area contributed by atoms with Crippen LogP contribution in [0.15, 0.2) is 0 Å². The molecule has 0 spiro atoms. The van der Waals surface area contributed by atoms with Gasteiger partial charge in [0, 0.05) is 0 Å². The molecule has 0 radical (unpaired) electrons. The standard InChI is InChI=1S/C6H17GeNO3/c1-9-7(10-2,11-3)5-4-6-8/h4-6,8H2,1-3H3. The summed E-state index contributed by atoms with van der Waals surface area (Å²) in [6.45, 7) is 0.656. The van der Waals surface area contributed by atoms with Crippen molar-refractivity contribution in [3.05, 3.63) is 0 Å². The Morgan fingerprint density at radius 2 is 1.55 bits per heavy atom. The van der Waals surface area contributed by atoms with Gasteiger partial charge in [0.25, 0.3) is 0 Å². The summed E-state index contributed by atoms with van der Waals surface area (Å²) in [5.41, 5.74) is 5.36. The summed E-state index contributed by atoms with van der Waals surface area (Å²) in [6.07, 6.45) is 0.898. The first-order chi connectivity index (χ1) is 5.24. The predicted molar refractivity (Wildman–Crippen MR) is 45.3 cm³/mol. The van der Waals surface area contributed by atoms with E-state index in [4.69, 9.17) is 17.0 Å². The van der Waals surface area contributed by atoms with Crippen molar-refractivity contribution < 1.29 is 11.3 Å². The third-order valence-corrected chi connectivity index (χ3v) is 7.56. The van der Waals surface area contributed by atoms with Crippen molar-refractivity contribution in [1.29, 1.82) is 0 Å². The van der Waals surface area contributed by atoms with Gasteiger partial charge >= 0.3 is 70.8 Å². The van der Waals surface area contributed by atoms with E-state index in [1.165, 1.54) is 0 Å². The van der Waals surface area contributed by atoms with E-state index in [-0.39, 0.29) is 0 Å². The molecule has 0 saturated carbocycles. The molecule has 2 N–H and O–H groups in total. The van der Waals surface area contributed by atoms with Crippen LogP contribution in [-0.4, -0.2) is 42.2 Å². The first kappa shape index (κ1) is 11.4. The fourth-order valence-electron chi connectivity index (χ4n) is 0.875. The SMILES string of the molecule is C[O][Ge]([CH2]CCN)([O]C)[O]C. The number of hydrogen-bond donors (Lipinski definition) is 1. The molecule has 0 fully saturated rings.